The van der Waals surface area contributed by atoms with Crippen LogP contribution in [0.4, 0.5) is 0 Å². The molecule has 0 aromatic heterocycles. The van der Waals surface area contributed by atoms with Gasteiger partial charge in [-0.1, -0.05) is 13.8 Å². The zero-order valence-corrected chi connectivity index (χ0v) is 12.6. The predicted molar refractivity (Wildman–Crippen MR) is 72.7 cm³/mol. The van der Waals surface area contributed by atoms with E-state index in [1.165, 1.54) is 12.8 Å². The van der Waals surface area contributed by atoms with Crippen LogP contribution in [0.15, 0.2) is 0 Å². The number of hydrogen-bond acceptors (Lipinski definition) is 1. The summed E-state index contributed by atoms with van der Waals surface area (Å²) in [7, 11) is 0. The van der Waals surface area contributed by atoms with Crippen LogP contribution >= 0.6 is 0 Å². The van der Waals surface area contributed by atoms with Crippen LogP contribution in [0.3, 0.4) is 0 Å². The molecule has 1 saturated heterocycles. The molecule has 1 aliphatic rings. The van der Waals surface area contributed by atoms with E-state index in [1.54, 1.807) is 0 Å². The van der Waals surface area contributed by atoms with Crippen LogP contribution in [0, 0.1) is 11.8 Å². The van der Waals surface area contributed by atoms with Gasteiger partial charge in [-0.25, -0.2) is 0 Å². The van der Waals surface area contributed by atoms with E-state index in [-0.39, 0.29) is 0 Å². The van der Waals surface area contributed by atoms with Crippen molar-refractivity contribution in [3.63, 3.8) is 0 Å². The van der Waals surface area contributed by atoms with Crippen LogP contribution in [-0.2, 0) is 0 Å². The fourth-order valence-corrected chi connectivity index (χ4v) is 4.24. The number of hydrogen-bond donors (Lipinski definition) is 0. The molecule has 0 radical (unpaired) electrons. The molecule has 0 aliphatic carbocycles. The van der Waals surface area contributed by atoms with Gasteiger partial charge in [-0.05, 0) is 66.2 Å². The molecule has 0 bridgehead atoms. The first-order chi connectivity index (χ1) is 7.08. The molecule has 1 heterocycles. The predicted octanol–water partition coefficient (Wildman–Crippen LogP) is 4.32. The van der Waals surface area contributed by atoms with Gasteiger partial charge in [0.2, 0.25) is 0 Å². The highest BCUT2D eigenvalue weighted by atomic mass is 15.3. The summed E-state index contributed by atoms with van der Waals surface area (Å²) in [6.45, 7) is 19.1. The lowest BCUT2D eigenvalue weighted by Crippen LogP contribution is -2.63. The molecule has 1 heteroatoms. The monoisotopic (exact) mass is 225 g/mol. The van der Waals surface area contributed by atoms with Crippen LogP contribution in [0.1, 0.15) is 68.2 Å². The summed E-state index contributed by atoms with van der Waals surface area (Å²) < 4.78 is 0. The average molecular weight is 225 g/mol. The molecule has 0 aromatic carbocycles. The Morgan fingerprint density at radius 3 is 1.50 bits per heavy atom. The lowest BCUT2D eigenvalue weighted by atomic mass is 9.69. The fraction of sp³-hybridized carbons (Fsp3) is 1.00. The summed E-state index contributed by atoms with van der Waals surface area (Å²) in [5.74, 6) is 1.69. The van der Waals surface area contributed by atoms with Gasteiger partial charge in [-0.3, -0.25) is 4.90 Å². The summed E-state index contributed by atoms with van der Waals surface area (Å²) in [4.78, 5) is 2.72. The Bertz CT molecular complexity index is 220. The molecule has 1 nitrogen and oxygen atoms in total. The van der Waals surface area contributed by atoms with E-state index in [4.69, 9.17) is 0 Å². The Kier molecular flexibility index (Phi) is 3.79. The van der Waals surface area contributed by atoms with E-state index in [0.717, 1.165) is 11.8 Å². The second-order valence-corrected chi connectivity index (χ2v) is 7.50. The van der Waals surface area contributed by atoms with E-state index in [1.807, 2.05) is 0 Å². The zero-order chi connectivity index (χ0) is 12.7. The third-order valence-corrected chi connectivity index (χ3v) is 4.29. The first-order valence-corrected chi connectivity index (χ1v) is 6.87. The Morgan fingerprint density at radius 1 is 0.875 bits per heavy atom. The van der Waals surface area contributed by atoms with Gasteiger partial charge in [0.1, 0.15) is 0 Å². The van der Waals surface area contributed by atoms with E-state index >= 15 is 0 Å². The highest BCUT2D eigenvalue weighted by Gasteiger charge is 2.46. The van der Waals surface area contributed by atoms with Gasteiger partial charge in [0.15, 0.2) is 0 Å². The number of rotatable bonds is 2. The minimum Gasteiger partial charge on any atom is -0.291 e. The topological polar surface area (TPSA) is 3.24 Å². The second kappa shape index (κ2) is 4.33. The van der Waals surface area contributed by atoms with Crippen LogP contribution in [0.25, 0.3) is 0 Å². The van der Waals surface area contributed by atoms with E-state index in [2.05, 4.69) is 60.3 Å². The minimum atomic E-state index is 0.338. The van der Waals surface area contributed by atoms with Gasteiger partial charge in [-0.15, -0.1) is 0 Å². The maximum atomic E-state index is 2.72. The smallest absolute Gasteiger partial charge is 0.0164 e. The molecular weight excluding hydrogens is 194 g/mol. The first kappa shape index (κ1) is 14.0. The Balaban J connectivity index is 2.98. The molecule has 1 aliphatic heterocycles. The molecule has 0 amide bonds. The summed E-state index contributed by atoms with van der Waals surface area (Å²) in [6.07, 6.45) is 2.68. The summed E-state index contributed by atoms with van der Waals surface area (Å²) in [5.41, 5.74) is 0.676. The molecule has 0 N–H and O–H groups in total. The van der Waals surface area contributed by atoms with Crippen molar-refractivity contribution in [1.82, 2.24) is 4.90 Å². The average Bonchev–Trinajstić information content (AvgIpc) is 1.96. The van der Waals surface area contributed by atoms with Crippen molar-refractivity contribution in [1.29, 1.82) is 0 Å². The standard InChI is InChI=1S/C15H31N/c1-11(2)13-9-14(5,6)16(12(3)4)15(7,8)10-13/h11-13H,9-10H2,1-8H3. The van der Waals surface area contributed by atoms with Crippen molar-refractivity contribution < 1.29 is 0 Å². The number of likely N-dealkylation sites (tertiary alicyclic amines) is 1. The molecule has 0 saturated carbocycles. The first-order valence-electron chi connectivity index (χ1n) is 6.87. The lowest BCUT2D eigenvalue weighted by Gasteiger charge is -2.58. The third kappa shape index (κ3) is 2.61. The maximum absolute atomic E-state index is 2.72. The van der Waals surface area contributed by atoms with Crippen LogP contribution < -0.4 is 0 Å². The number of nitrogens with zero attached hydrogens (tertiary/aromatic N) is 1. The normalized spacial score (nSPS) is 26.6. The molecule has 0 aromatic rings. The molecule has 0 atom stereocenters. The molecule has 96 valence electrons. The van der Waals surface area contributed by atoms with Crippen LogP contribution in [0.5, 0.6) is 0 Å². The molecule has 0 spiro atoms. The van der Waals surface area contributed by atoms with Gasteiger partial charge in [-0.2, -0.15) is 0 Å². The van der Waals surface area contributed by atoms with Gasteiger partial charge in [0.25, 0.3) is 0 Å². The highest BCUT2D eigenvalue weighted by molar-refractivity contribution is 5.01. The summed E-state index contributed by atoms with van der Waals surface area (Å²) in [6, 6.07) is 0.637. The molecular formula is C15H31N. The third-order valence-electron chi connectivity index (χ3n) is 4.29. The highest BCUT2D eigenvalue weighted by Crippen LogP contribution is 2.44. The van der Waals surface area contributed by atoms with Crippen molar-refractivity contribution >= 4 is 0 Å². The molecule has 16 heavy (non-hydrogen) atoms. The Hall–Kier alpha value is -0.0400. The van der Waals surface area contributed by atoms with Gasteiger partial charge in [0, 0.05) is 17.1 Å². The Labute approximate surface area is 103 Å². The SMILES string of the molecule is CC(C)C1CC(C)(C)N(C(C)C)C(C)(C)C1. The molecule has 1 rings (SSSR count). The van der Waals surface area contributed by atoms with Crippen LogP contribution in [-0.4, -0.2) is 22.0 Å². The van der Waals surface area contributed by atoms with Crippen molar-refractivity contribution in [2.24, 2.45) is 11.8 Å². The minimum absolute atomic E-state index is 0.338. The second-order valence-electron chi connectivity index (χ2n) is 7.50. The van der Waals surface area contributed by atoms with Gasteiger partial charge < -0.3 is 0 Å². The quantitative estimate of drug-likeness (QED) is 0.676. The lowest BCUT2D eigenvalue weighted by molar-refractivity contribution is -0.0808. The zero-order valence-electron chi connectivity index (χ0n) is 12.6. The van der Waals surface area contributed by atoms with Gasteiger partial charge >= 0.3 is 0 Å². The Morgan fingerprint density at radius 2 is 1.25 bits per heavy atom. The van der Waals surface area contributed by atoms with E-state index < -0.39 is 0 Å². The van der Waals surface area contributed by atoms with E-state index in [9.17, 15) is 0 Å². The maximum Gasteiger partial charge on any atom is 0.0164 e. The summed E-state index contributed by atoms with van der Waals surface area (Å²) in [5, 5.41) is 0. The van der Waals surface area contributed by atoms with E-state index in [0.29, 0.717) is 17.1 Å². The van der Waals surface area contributed by atoms with Gasteiger partial charge in [0.05, 0.1) is 0 Å². The van der Waals surface area contributed by atoms with Crippen molar-refractivity contribution in [2.75, 3.05) is 0 Å². The fourth-order valence-electron chi connectivity index (χ4n) is 4.24. The molecule has 0 unspecified atom stereocenters. The van der Waals surface area contributed by atoms with Crippen molar-refractivity contribution in [3.8, 4) is 0 Å². The van der Waals surface area contributed by atoms with Crippen molar-refractivity contribution in [2.45, 2.75) is 85.4 Å². The van der Waals surface area contributed by atoms with Crippen LogP contribution in [0.2, 0.25) is 0 Å². The summed E-state index contributed by atoms with van der Waals surface area (Å²) >= 11 is 0. The number of piperidine rings is 1. The molecule has 1 fully saturated rings. The largest absolute Gasteiger partial charge is 0.291 e. The van der Waals surface area contributed by atoms with Crippen molar-refractivity contribution in [3.05, 3.63) is 0 Å².